The van der Waals surface area contributed by atoms with E-state index in [1.807, 2.05) is 0 Å². The third-order valence-corrected chi connectivity index (χ3v) is 3.85. The molecule has 1 aromatic heterocycles. The summed E-state index contributed by atoms with van der Waals surface area (Å²) in [7, 11) is 1.54. The monoisotopic (exact) mass is 328 g/mol. The quantitative estimate of drug-likeness (QED) is 0.904. The van der Waals surface area contributed by atoms with Crippen molar-refractivity contribution >= 4 is 46.0 Å². The molecule has 5 nitrogen and oxygen atoms in total. The summed E-state index contributed by atoms with van der Waals surface area (Å²) in [6, 6.07) is 5.10. The molecule has 2 aromatic rings. The maximum Gasteiger partial charge on any atom is 0.308 e. The van der Waals surface area contributed by atoms with Gasteiger partial charge in [0, 0.05) is 29.5 Å². The summed E-state index contributed by atoms with van der Waals surface area (Å²) in [4.78, 5) is 27.5. The third kappa shape index (κ3) is 3.14. The van der Waals surface area contributed by atoms with Crippen LogP contribution in [0.15, 0.2) is 18.2 Å². The second kappa shape index (κ2) is 5.95. The van der Waals surface area contributed by atoms with E-state index in [0.717, 1.165) is 0 Å². The molecule has 2 rings (SSSR count). The number of nitrogens with one attached hydrogen (secondary N) is 1. The van der Waals surface area contributed by atoms with Crippen LogP contribution in [0.1, 0.15) is 17.4 Å². The number of amides is 1. The number of rotatable bonds is 4. The Hall–Kier alpha value is -1.72. The Morgan fingerprint density at radius 3 is 2.67 bits per heavy atom. The van der Waals surface area contributed by atoms with Crippen LogP contribution in [0, 0.1) is 5.92 Å². The molecular formula is C14H14Cl2N2O3. The molecule has 0 aliphatic heterocycles. The van der Waals surface area contributed by atoms with Crippen LogP contribution in [0.2, 0.25) is 10.0 Å². The van der Waals surface area contributed by atoms with Crippen molar-refractivity contribution < 1.29 is 14.7 Å². The topological polar surface area (TPSA) is 73.4 Å². The van der Waals surface area contributed by atoms with Crippen molar-refractivity contribution in [2.45, 2.75) is 6.92 Å². The Morgan fingerprint density at radius 1 is 1.38 bits per heavy atom. The number of aliphatic carboxylic acids is 1. The number of hydrogen-bond donors (Lipinski definition) is 2. The lowest BCUT2D eigenvalue weighted by Gasteiger charge is -2.18. The normalized spacial score (nSPS) is 12.4. The Kier molecular flexibility index (Phi) is 4.44. The fourth-order valence-electron chi connectivity index (χ4n) is 2.04. The number of carboxylic acid groups (broad SMARTS) is 1. The van der Waals surface area contributed by atoms with E-state index in [2.05, 4.69) is 4.98 Å². The summed E-state index contributed by atoms with van der Waals surface area (Å²) in [6.07, 6.45) is 0. The zero-order chi connectivity index (χ0) is 15.7. The number of fused-ring (bicyclic) bond motifs is 1. The predicted molar refractivity (Wildman–Crippen MR) is 82.1 cm³/mol. The van der Waals surface area contributed by atoms with Gasteiger partial charge in [0.15, 0.2) is 0 Å². The second-order valence-corrected chi connectivity index (χ2v) is 5.74. The lowest BCUT2D eigenvalue weighted by Crippen LogP contribution is -2.34. The minimum atomic E-state index is -0.954. The van der Waals surface area contributed by atoms with Gasteiger partial charge in [-0.15, -0.1) is 0 Å². The minimum absolute atomic E-state index is 0.0978. The Labute approximate surface area is 131 Å². The molecule has 0 bridgehead atoms. The maximum absolute atomic E-state index is 12.4. The van der Waals surface area contributed by atoms with Gasteiger partial charge in [0.1, 0.15) is 5.69 Å². The van der Waals surface area contributed by atoms with Crippen LogP contribution in [0.5, 0.6) is 0 Å². The molecule has 0 aliphatic rings. The van der Waals surface area contributed by atoms with Crippen LogP contribution in [-0.2, 0) is 4.79 Å². The van der Waals surface area contributed by atoms with E-state index in [0.29, 0.717) is 15.9 Å². The molecule has 1 heterocycles. The number of carbonyl (C=O) groups is 2. The Balaban J connectivity index is 2.31. The molecule has 1 amide bonds. The van der Waals surface area contributed by atoms with E-state index in [1.165, 1.54) is 11.9 Å². The second-order valence-electron chi connectivity index (χ2n) is 4.93. The number of hydrogen-bond acceptors (Lipinski definition) is 2. The molecule has 0 aliphatic carbocycles. The minimum Gasteiger partial charge on any atom is -0.481 e. The van der Waals surface area contributed by atoms with Crippen LogP contribution >= 0.6 is 23.2 Å². The molecule has 112 valence electrons. The van der Waals surface area contributed by atoms with Gasteiger partial charge >= 0.3 is 5.97 Å². The molecule has 0 radical (unpaired) electrons. The highest BCUT2D eigenvalue weighted by atomic mass is 35.5. The van der Waals surface area contributed by atoms with Crippen LogP contribution in [-0.4, -0.2) is 40.5 Å². The lowest BCUT2D eigenvalue weighted by atomic mass is 10.1. The first kappa shape index (κ1) is 15.7. The molecule has 7 heteroatoms. The highest BCUT2D eigenvalue weighted by molar-refractivity contribution is 6.39. The van der Waals surface area contributed by atoms with E-state index >= 15 is 0 Å². The van der Waals surface area contributed by atoms with E-state index < -0.39 is 11.9 Å². The molecular weight excluding hydrogens is 315 g/mol. The fourth-order valence-corrected chi connectivity index (χ4v) is 2.50. The number of aromatic amines is 1. The number of nitrogens with zero attached hydrogens (tertiary/aromatic N) is 1. The van der Waals surface area contributed by atoms with Crippen molar-refractivity contribution in [1.82, 2.24) is 9.88 Å². The number of carbonyl (C=O) groups excluding carboxylic acids is 1. The molecule has 0 saturated carbocycles. The first-order valence-corrected chi connectivity index (χ1v) is 7.02. The summed E-state index contributed by atoms with van der Waals surface area (Å²) in [5.41, 5.74) is 0.932. The number of carboxylic acids is 1. The molecule has 0 saturated heterocycles. The number of H-pyrrole nitrogens is 1. The van der Waals surface area contributed by atoms with Crippen LogP contribution in [0.25, 0.3) is 10.9 Å². The van der Waals surface area contributed by atoms with E-state index in [-0.39, 0.29) is 23.2 Å². The molecule has 1 atom stereocenters. The molecule has 21 heavy (non-hydrogen) atoms. The molecule has 2 N–H and O–H groups in total. The van der Waals surface area contributed by atoms with E-state index in [9.17, 15) is 9.59 Å². The molecule has 1 unspecified atom stereocenters. The SMILES string of the molecule is CC(CN(C)C(=O)c1[nH]c2ccc(Cl)cc2c1Cl)C(=O)O. The van der Waals surface area contributed by atoms with E-state index in [1.54, 1.807) is 25.1 Å². The average molecular weight is 329 g/mol. The Morgan fingerprint density at radius 2 is 2.05 bits per heavy atom. The Bertz CT molecular complexity index is 712. The van der Waals surface area contributed by atoms with Crippen molar-refractivity contribution in [1.29, 1.82) is 0 Å². The number of halogens is 2. The van der Waals surface area contributed by atoms with Crippen LogP contribution < -0.4 is 0 Å². The predicted octanol–water partition coefficient (Wildman–Crippen LogP) is 3.27. The van der Waals surface area contributed by atoms with Gasteiger partial charge in [0.05, 0.1) is 10.9 Å². The van der Waals surface area contributed by atoms with Crippen molar-refractivity contribution in [2.75, 3.05) is 13.6 Å². The van der Waals surface area contributed by atoms with E-state index in [4.69, 9.17) is 28.3 Å². The third-order valence-electron chi connectivity index (χ3n) is 3.23. The number of aromatic nitrogens is 1. The average Bonchev–Trinajstić information content (AvgIpc) is 2.75. The zero-order valence-electron chi connectivity index (χ0n) is 11.5. The van der Waals surface area contributed by atoms with Gasteiger partial charge in [0.2, 0.25) is 0 Å². The summed E-state index contributed by atoms with van der Waals surface area (Å²) in [5, 5.41) is 10.4. The summed E-state index contributed by atoms with van der Waals surface area (Å²) < 4.78 is 0. The summed E-state index contributed by atoms with van der Waals surface area (Å²) in [6.45, 7) is 1.64. The highest BCUT2D eigenvalue weighted by Crippen LogP contribution is 2.30. The van der Waals surface area contributed by atoms with Gasteiger partial charge in [-0.1, -0.05) is 30.1 Å². The molecule has 0 fully saturated rings. The van der Waals surface area contributed by atoms with Gasteiger partial charge in [-0.05, 0) is 18.2 Å². The molecule has 1 aromatic carbocycles. The summed E-state index contributed by atoms with van der Waals surface area (Å²) in [5.74, 6) is -1.97. The van der Waals surface area contributed by atoms with Gasteiger partial charge < -0.3 is 15.0 Å². The van der Waals surface area contributed by atoms with Crippen LogP contribution in [0.3, 0.4) is 0 Å². The van der Waals surface area contributed by atoms with Gasteiger partial charge in [0.25, 0.3) is 5.91 Å². The lowest BCUT2D eigenvalue weighted by molar-refractivity contribution is -0.141. The smallest absolute Gasteiger partial charge is 0.308 e. The maximum atomic E-state index is 12.4. The first-order valence-electron chi connectivity index (χ1n) is 6.26. The van der Waals surface area contributed by atoms with Gasteiger partial charge in [-0.3, -0.25) is 9.59 Å². The van der Waals surface area contributed by atoms with Crippen molar-refractivity contribution in [2.24, 2.45) is 5.92 Å². The van der Waals surface area contributed by atoms with Gasteiger partial charge in [-0.25, -0.2) is 0 Å². The highest BCUT2D eigenvalue weighted by Gasteiger charge is 2.23. The zero-order valence-corrected chi connectivity index (χ0v) is 13.0. The summed E-state index contributed by atoms with van der Waals surface area (Å²) >= 11 is 12.1. The first-order chi connectivity index (χ1) is 9.81. The van der Waals surface area contributed by atoms with Gasteiger partial charge in [-0.2, -0.15) is 0 Å². The van der Waals surface area contributed by atoms with Crippen molar-refractivity contribution in [3.63, 3.8) is 0 Å². The molecule has 0 spiro atoms. The van der Waals surface area contributed by atoms with Crippen molar-refractivity contribution in [3.05, 3.63) is 33.9 Å². The fraction of sp³-hybridized carbons (Fsp3) is 0.286. The number of benzene rings is 1. The van der Waals surface area contributed by atoms with Crippen molar-refractivity contribution in [3.8, 4) is 0 Å². The van der Waals surface area contributed by atoms with Crippen LogP contribution in [0.4, 0.5) is 0 Å². The largest absolute Gasteiger partial charge is 0.481 e. The standard InChI is InChI=1S/C14H14Cl2N2O3/c1-7(14(20)21)6-18(2)13(19)12-11(16)9-5-8(15)3-4-10(9)17-12/h3-5,7,17H,6H2,1-2H3,(H,20,21).